The fourth-order valence-electron chi connectivity index (χ4n) is 1.46. The molecule has 1 aromatic rings. The molecule has 1 aliphatic rings. The van der Waals surface area contributed by atoms with Gasteiger partial charge in [-0.25, -0.2) is 0 Å². The average Bonchev–Trinajstić information content (AvgIpc) is 3.04. The van der Waals surface area contributed by atoms with Crippen molar-refractivity contribution >= 4 is 33.2 Å². The number of hydrogen-bond donors (Lipinski definition) is 0. The third-order valence-corrected chi connectivity index (χ3v) is 4.61. The van der Waals surface area contributed by atoms with Gasteiger partial charge in [0.1, 0.15) is 4.88 Å². The molecule has 0 atom stereocenters. The number of rotatable bonds is 6. The molecule has 3 nitrogen and oxygen atoms in total. The molecule has 5 heteroatoms. The van der Waals surface area contributed by atoms with E-state index in [2.05, 4.69) is 15.9 Å². The molecule has 0 radical (unpaired) electrons. The van der Waals surface area contributed by atoms with E-state index in [1.165, 1.54) is 24.2 Å². The number of carbonyl (C=O) groups is 1. The Hall–Kier alpha value is -0.390. The molecular weight excluding hydrogens is 302 g/mol. The zero-order valence-electron chi connectivity index (χ0n) is 9.82. The standard InChI is InChI=1S/C12H16BrNO2S/c1-14(5-6-16-8-9-2-3-9)12(15)11-10(13)4-7-17-11/h4,7,9H,2-3,5-6,8H2,1H3. The van der Waals surface area contributed by atoms with Crippen LogP contribution in [0.2, 0.25) is 0 Å². The van der Waals surface area contributed by atoms with Gasteiger partial charge >= 0.3 is 0 Å². The summed E-state index contributed by atoms with van der Waals surface area (Å²) in [4.78, 5) is 14.5. The van der Waals surface area contributed by atoms with Crippen LogP contribution in [0.5, 0.6) is 0 Å². The van der Waals surface area contributed by atoms with Crippen molar-refractivity contribution in [2.24, 2.45) is 5.92 Å². The van der Waals surface area contributed by atoms with Crippen molar-refractivity contribution < 1.29 is 9.53 Å². The van der Waals surface area contributed by atoms with E-state index in [1.807, 2.05) is 18.5 Å². The van der Waals surface area contributed by atoms with E-state index in [9.17, 15) is 4.79 Å². The lowest BCUT2D eigenvalue weighted by atomic mass is 10.4. The number of halogens is 1. The molecular formula is C12H16BrNO2S. The number of carbonyl (C=O) groups excluding carboxylic acids is 1. The Balaban J connectivity index is 1.72. The van der Waals surface area contributed by atoms with Crippen molar-refractivity contribution in [1.29, 1.82) is 0 Å². The number of ether oxygens (including phenoxy) is 1. The summed E-state index contributed by atoms with van der Waals surface area (Å²) in [6.07, 6.45) is 2.60. The van der Waals surface area contributed by atoms with Crippen molar-refractivity contribution in [3.8, 4) is 0 Å². The Morgan fingerprint density at radius 3 is 3.00 bits per heavy atom. The summed E-state index contributed by atoms with van der Waals surface area (Å²) in [7, 11) is 1.81. The Kier molecular flexibility index (Phi) is 4.59. The molecule has 2 rings (SSSR count). The smallest absolute Gasteiger partial charge is 0.264 e. The van der Waals surface area contributed by atoms with Gasteiger partial charge in [0.15, 0.2) is 0 Å². The lowest BCUT2D eigenvalue weighted by Crippen LogP contribution is -2.30. The van der Waals surface area contributed by atoms with Gasteiger partial charge in [-0.05, 0) is 46.1 Å². The van der Waals surface area contributed by atoms with Gasteiger partial charge in [-0.2, -0.15) is 0 Å². The first-order valence-corrected chi connectivity index (χ1v) is 7.42. The van der Waals surface area contributed by atoms with Gasteiger partial charge in [0.25, 0.3) is 5.91 Å². The quantitative estimate of drug-likeness (QED) is 0.755. The zero-order chi connectivity index (χ0) is 12.3. The average molecular weight is 318 g/mol. The van der Waals surface area contributed by atoms with Gasteiger partial charge < -0.3 is 9.64 Å². The molecule has 0 N–H and O–H groups in total. The van der Waals surface area contributed by atoms with Crippen LogP contribution in [0.4, 0.5) is 0 Å². The van der Waals surface area contributed by atoms with Crippen LogP contribution >= 0.6 is 27.3 Å². The Labute approximate surface area is 114 Å². The van der Waals surface area contributed by atoms with Crippen molar-refractivity contribution in [2.75, 3.05) is 26.8 Å². The first-order valence-electron chi connectivity index (χ1n) is 5.74. The second-order valence-corrected chi connectivity index (χ2v) is 6.11. The van der Waals surface area contributed by atoms with E-state index in [0.29, 0.717) is 13.2 Å². The van der Waals surface area contributed by atoms with Gasteiger partial charge in [-0.1, -0.05) is 0 Å². The van der Waals surface area contributed by atoms with Gasteiger partial charge in [0, 0.05) is 24.7 Å². The van der Waals surface area contributed by atoms with Gasteiger partial charge in [-0.3, -0.25) is 4.79 Å². The minimum atomic E-state index is 0.0573. The lowest BCUT2D eigenvalue weighted by molar-refractivity contribution is 0.0684. The van der Waals surface area contributed by atoms with Crippen molar-refractivity contribution in [2.45, 2.75) is 12.8 Å². The first kappa shape index (κ1) is 13.1. The highest BCUT2D eigenvalue weighted by Gasteiger charge is 2.21. The second-order valence-electron chi connectivity index (χ2n) is 4.34. The number of thiophene rings is 1. The molecule has 1 amide bonds. The summed E-state index contributed by atoms with van der Waals surface area (Å²) >= 11 is 4.84. The largest absolute Gasteiger partial charge is 0.379 e. The van der Waals surface area contributed by atoms with E-state index < -0.39 is 0 Å². The molecule has 17 heavy (non-hydrogen) atoms. The summed E-state index contributed by atoms with van der Waals surface area (Å²) < 4.78 is 6.40. The number of hydrogen-bond acceptors (Lipinski definition) is 3. The molecule has 1 aromatic heterocycles. The summed E-state index contributed by atoms with van der Waals surface area (Å²) in [5.74, 6) is 0.837. The molecule has 0 bridgehead atoms. The van der Waals surface area contributed by atoms with E-state index in [0.717, 1.165) is 21.9 Å². The van der Waals surface area contributed by atoms with E-state index in [4.69, 9.17) is 4.74 Å². The van der Waals surface area contributed by atoms with Gasteiger partial charge in [0.05, 0.1) is 6.61 Å². The first-order chi connectivity index (χ1) is 8.18. The minimum Gasteiger partial charge on any atom is -0.379 e. The maximum atomic E-state index is 12.0. The topological polar surface area (TPSA) is 29.5 Å². The molecule has 0 saturated heterocycles. The third kappa shape index (κ3) is 3.79. The van der Waals surface area contributed by atoms with Crippen LogP contribution < -0.4 is 0 Å². The highest BCUT2D eigenvalue weighted by atomic mass is 79.9. The summed E-state index contributed by atoms with van der Waals surface area (Å²) in [6.45, 7) is 2.13. The van der Waals surface area contributed by atoms with Crippen LogP contribution in [0.3, 0.4) is 0 Å². The maximum absolute atomic E-state index is 12.0. The van der Waals surface area contributed by atoms with Crippen LogP contribution in [0.25, 0.3) is 0 Å². The molecule has 1 saturated carbocycles. The van der Waals surface area contributed by atoms with Crippen LogP contribution in [-0.2, 0) is 4.74 Å². The number of amides is 1. The Morgan fingerprint density at radius 2 is 2.41 bits per heavy atom. The second kappa shape index (κ2) is 5.98. The van der Waals surface area contributed by atoms with E-state index in [1.54, 1.807) is 4.90 Å². The molecule has 1 fully saturated rings. The van der Waals surface area contributed by atoms with Gasteiger partial charge in [0.2, 0.25) is 0 Å². The van der Waals surface area contributed by atoms with Crippen LogP contribution in [0.15, 0.2) is 15.9 Å². The van der Waals surface area contributed by atoms with Gasteiger partial charge in [-0.15, -0.1) is 11.3 Å². The highest BCUT2D eigenvalue weighted by Crippen LogP contribution is 2.28. The highest BCUT2D eigenvalue weighted by molar-refractivity contribution is 9.10. The normalized spacial score (nSPS) is 14.9. The zero-order valence-corrected chi connectivity index (χ0v) is 12.2. The SMILES string of the molecule is CN(CCOCC1CC1)C(=O)c1sccc1Br. The van der Waals surface area contributed by atoms with Crippen molar-refractivity contribution in [1.82, 2.24) is 4.90 Å². The predicted molar refractivity (Wildman–Crippen MR) is 72.5 cm³/mol. The minimum absolute atomic E-state index is 0.0573. The third-order valence-electron chi connectivity index (χ3n) is 2.78. The number of likely N-dealkylation sites (N-methyl/N-ethyl adjacent to an activating group) is 1. The fraction of sp³-hybridized carbons (Fsp3) is 0.583. The van der Waals surface area contributed by atoms with Crippen molar-refractivity contribution in [3.05, 3.63) is 20.8 Å². The lowest BCUT2D eigenvalue weighted by Gasteiger charge is -2.16. The predicted octanol–water partition coefficient (Wildman–Crippen LogP) is 3.01. The number of nitrogens with zero attached hydrogens (tertiary/aromatic N) is 1. The Bertz CT molecular complexity index is 390. The summed E-state index contributed by atoms with van der Waals surface area (Å²) in [5.41, 5.74) is 0. The van der Waals surface area contributed by atoms with Crippen LogP contribution in [0, 0.1) is 5.92 Å². The van der Waals surface area contributed by atoms with Crippen LogP contribution in [-0.4, -0.2) is 37.6 Å². The molecule has 0 aliphatic heterocycles. The molecule has 94 valence electrons. The molecule has 0 spiro atoms. The summed E-state index contributed by atoms with van der Waals surface area (Å²) in [5, 5.41) is 1.91. The summed E-state index contributed by atoms with van der Waals surface area (Å²) in [6, 6.07) is 1.90. The molecule has 0 aromatic carbocycles. The maximum Gasteiger partial charge on any atom is 0.264 e. The monoisotopic (exact) mass is 317 g/mol. The molecule has 1 heterocycles. The fourth-order valence-corrected chi connectivity index (χ4v) is 2.99. The van der Waals surface area contributed by atoms with E-state index >= 15 is 0 Å². The van der Waals surface area contributed by atoms with Crippen LogP contribution in [0.1, 0.15) is 22.5 Å². The van der Waals surface area contributed by atoms with E-state index in [-0.39, 0.29) is 5.91 Å². The molecule has 1 aliphatic carbocycles. The van der Waals surface area contributed by atoms with Crippen molar-refractivity contribution in [3.63, 3.8) is 0 Å². The Morgan fingerprint density at radius 1 is 1.65 bits per heavy atom. The molecule has 0 unspecified atom stereocenters.